The van der Waals surface area contributed by atoms with Crippen LogP contribution >= 0.6 is 0 Å². The van der Waals surface area contributed by atoms with Crippen LogP contribution in [0.1, 0.15) is 39.5 Å². The fourth-order valence-electron chi connectivity index (χ4n) is 1.06. The summed E-state index contributed by atoms with van der Waals surface area (Å²) in [6.45, 7) is 7.34. The quantitative estimate of drug-likeness (QED) is 0.265. The van der Waals surface area contributed by atoms with Gasteiger partial charge in [-0.05, 0) is 26.2 Å². The first-order valence-electron chi connectivity index (χ1n) is 6.08. The first-order chi connectivity index (χ1) is 8.39. The molecule has 0 fully saturated rings. The van der Waals surface area contributed by atoms with Gasteiger partial charge in [0, 0.05) is 5.57 Å². The molecule has 0 aliphatic rings. The van der Waals surface area contributed by atoms with Gasteiger partial charge >= 0.3 is 5.97 Å². The van der Waals surface area contributed by atoms with Crippen LogP contribution in [0, 0.1) is 0 Å². The molecule has 18 heavy (non-hydrogen) atoms. The van der Waals surface area contributed by atoms with E-state index in [1.54, 1.807) is 6.92 Å². The Kier molecular flexibility index (Phi) is 8.66. The molecule has 0 atom stereocenters. The van der Waals surface area contributed by atoms with Crippen molar-refractivity contribution in [1.29, 1.82) is 0 Å². The third kappa shape index (κ3) is 9.18. The smallest absolute Gasteiger partial charge is 0.333 e. The van der Waals surface area contributed by atoms with Crippen molar-refractivity contribution in [3.63, 3.8) is 0 Å². The molecule has 6 heteroatoms. The van der Waals surface area contributed by atoms with Crippen LogP contribution in [0.15, 0.2) is 12.2 Å². The summed E-state index contributed by atoms with van der Waals surface area (Å²) in [5, 5.41) is 0. The van der Waals surface area contributed by atoms with E-state index in [9.17, 15) is 13.2 Å². The fourth-order valence-corrected chi connectivity index (χ4v) is 2.19. The minimum absolute atomic E-state index is 0.0636. The van der Waals surface area contributed by atoms with Gasteiger partial charge in [0.15, 0.2) is 0 Å². The van der Waals surface area contributed by atoms with E-state index in [0.29, 0.717) is 24.8 Å². The van der Waals surface area contributed by atoms with Crippen LogP contribution in [0.5, 0.6) is 0 Å². The highest BCUT2D eigenvalue weighted by Gasteiger charge is 2.09. The Bertz CT molecular complexity index is 359. The highest BCUT2D eigenvalue weighted by Crippen LogP contribution is 2.02. The molecule has 0 rings (SSSR count). The third-order valence-electron chi connectivity index (χ3n) is 2.13. The molecule has 5 nitrogen and oxygen atoms in total. The second-order valence-electron chi connectivity index (χ2n) is 4.06. The maximum atomic E-state index is 11.3. The summed E-state index contributed by atoms with van der Waals surface area (Å²) in [4.78, 5) is 11.0. The number of hydrogen-bond donors (Lipinski definition) is 0. The number of esters is 1. The molecule has 0 aromatic rings. The number of ether oxygens (including phenoxy) is 1. The summed E-state index contributed by atoms with van der Waals surface area (Å²) >= 11 is 0. The second-order valence-corrected chi connectivity index (χ2v) is 5.82. The number of hydrogen-bond acceptors (Lipinski definition) is 5. The van der Waals surface area contributed by atoms with Crippen LogP contribution in [-0.4, -0.2) is 33.4 Å². The molecule has 0 bridgehead atoms. The Morgan fingerprint density at radius 1 is 1.17 bits per heavy atom. The van der Waals surface area contributed by atoms with Gasteiger partial charge in [0.25, 0.3) is 10.1 Å². The van der Waals surface area contributed by atoms with E-state index < -0.39 is 16.1 Å². The molecule has 0 aromatic carbocycles. The first kappa shape index (κ1) is 17.1. The van der Waals surface area contributed by atoms with Crippen LogP contribution in [-0.2, 0) is 23.8 Å². The molecule has 0 heterocycles. The van der Waals surface area contributed by atoms with Crippen molar-refractivity contribution >= 4 is 16.1 Å². The SMILES string of the molecule is C=C(C)C(=O)OCCCCOS(=O)(=O)CCCC. The molecule has 0 N–H and O–H groups in total. The van der Waals surface area contributed by atoms with Crippen molar-refractivity contribution in [2.75, 3.05) is 19.0 Å². The van der Waals surface area contributed by atoms with E-state index >= 15 is 0 Å². The Hall–Kier alpha value is -0.880. The van der Waals surface area contributed by atoms with Crippen molar-refractivity contribution in [3.8, 4) is 0 Å². The molecular weight excluding hydrogens is 256 g/mol. The van der Waals surface area contributed by atoms with Gasteiger partial charge in [-0.25, -0.2) is 4.79 Å². The van der Waals surface area contributed by atoms with Crippen molar-refractivity contribution in [1.82, 2.24) is 0 Å². The third-order valence-corrected chi connectivity index (χ3v) is 3.45. The van der Waals surface area contributed by atoms with Gasteiger partial charge < -0.3 is 4.74 Å². The molecule has 0 spiro atoms. The van der Waals surface area contributed by atoms with E-state index in [4.69, 9.17) is 8.92 Å². The Morgan fingerprint density at radius 2 is 1.78 bits per heavy atom. The van der Waals surface area contributed by atoms with Gasteiger partial charge in [-0.2, -0.15) is 8.42 Å². The van der Waals surface area contributed by atoms with Crippen LogP contribution in [0.2, 0.25) is 0 Å². The fraction of sp³-hybridized carbons (Fsp3) is 0.750. The molecule has 0 aliphatic carbocycles. The highest BCUT2D eigenvalue weighted by atomic mass is 32.2. The number of carbonyl (C=O) groups excluding carboxylic acids is 1. The van der Waals surface area contributed by atoms with Gasteiger partial charge in [0.1, 0.15) is 0 Å². The molecule has 0 saturated carbocycles. The topological polar surface area (TPSA) is 69.7 Å². The van der Waals surface area contributed by atoms with E-state index in [2.05, 4.69) is 6.58 Å². The van der Waals surface area contributed by atoms with Crippen molar-refractivity contribution in [2.24, 2.45) is 0 Å². The summed E-state index contributed by atoms with van der Waals surface area (Å²) in [6, 6.07) is 0. The van der Waals surface area contributed by atoms with Gasteiger partial charge in [-0.15, -0.1) is 0 Å². The zero-order valence-corrected chi connectivity index (χ0v) is 11.9. The molecule has 0 amide bonds. The Labute approximate surface area is 109 Å². The monoisotopic (exact) mass is 278 g/mol. The lowest BCUT2D eigenvalue weighted by atomic mass is 10.3. The predicted molar refractivity (Wildman–Crippen MR) is 69.7 cm³/mol. The normalized spacial score (nSPS) is 11.2. The lowest BCUT2D eigenvalue weighted by molar-refractivity contribution is -0.139. The van der Waals surface area contributed by atoms with E-state index in [1.165, 1.54) is 0 Å². The summed E-state index contributed by atoms with van der Waals surface area (Å²) in [5.41, 5.74) is 0.355. The zero-order chi connectivity index (χ0) is 14.0. The van der Waals surface area contributed by atoms with Crippen molar-refractivity contribution in [3.05, 3.63) is 12.2 Å². The minimum atomic E-state index is -3.38. The van der Waals surface area contributed by atoms with Crippen LogP contribution < -0.4 is 0 Å². The van der Waals surface area contributed by atoms with Crippen LogP contribution in [0.4, 0.5) is 0 Å². The van der Waals surface area contributed by atoms with Crippen molar-refractivity contribution < 1.29 is 22.1 Å². The van der Waals surface area contributed by atoms with Gasteiger partial charge in [-0.1, -0.05) is 19.9 Å². The average Bonchev–Trinajstić information content (AvgIpc) is 2.30. The molecule has 0 aliphatic heterocycles. The summed E-state index contributed by atoms with van der Waals surface area (Å²) in [7, 11) is -3.38. The molecule has 0 aromatic heterocycles. The van der Waals surface area contributed by atoms with Crippen LogP contribution in [0.25, 0.3) is 0 Å². The summed E-state index contributed by atoms with van der Waals surface area (Å²) in [5.74, 6) is -0.361. The summed E-state index contributed by atoms with van der Waals surface area (Å²) < 4.78 is 32.3. The lowest BCUT2D eigenvalue weighted by Crippen LogP contribution is -2.12. The standard InChI is InChI=1S/C12H22O5S/c1-4-5-10-18(14,15)17-9-7-6-8-16-12(13)11(2)3/h2,4-10H2,1,3H3. The van der Waals surface area contributed by atoms with Crippen molar-refractivity contribution in [2.45, 2.75) is 39.5 Å². The maximum absolute atomic E-state index is 11.3. The molecular formula is C12H22O5S. The Morgan fingerprint density at radius 3 is 2.33 bits per heavy atom. The average molecular weight is 278 g/mol. The largest absolute Gasteiger partial charge is 0.462 e. The molecule has 106 valence electrons. The number of rotatable bonds is 10. The second kappa shape index (κ2) is 9.10. The first-order valence-corrected chi connectivity index (χ1v) is 7.66. The molecule has 0 unspecified atom stereocenters. The minimum Gasteiger partial charge on any atom is -0.462 e. The maximum Gasteiger partial charge on any atom is 0.333 e. The van der Waals surface area contributed by atoms with Gasteiger partial charge in [0.2, 0.25) is 0 Å². The molecule has 0 radical (unpaired) electrons. The van der Waals surface area contributed by atoms with Gasteiger partial charge in [-0.3, -0.25) is 4.18 Å². The molecule has 0 saturated heterocycles. The highest BCUT2D eigenvalue weighted by molar-refractivity contribution is 7.86. The predicted octanol–water partition coefficient (Wildman–Crippen LogP) is 2.03. The zero-order valence-electron chi connectivity index (χ0n) is 11.1. The van der Waals surface area contributed by atoms with E-state index in [1.807, 2.05) is 6.92 Å². The van der Waals surface area contributed by atoms with Crippen LogP contribution in [0.3, 0.4) is 0 Å². The lowest BCUT2D eigenvalue weighted by Gasteiger charge is -2.06. The van der Waals surface area contributed by atoms with E-state index in [-0.39, 0.29) is 19.0 Å². The number of unbranched alkanes of at least 4 members (excludes halogenated alkanes) is 2. The Balaban J connectivity index is 3.57. The van der Waals surface area contributed by atoms with Gasteiger partial charge in [0.05, 0.1) is 19.0 Å². The van der Waals surface area contributed by atoms with E-state index in [0.717, 1.165) is 6.42 Å². The number of carbonyl (C=O) groups is 1. The summed E-state index contributed by atoms with van der Waals surface area (Å²) in [6.07, 6.45) is 2.54.